The Morgan fingerprint density at radius 1 is 1.08 bits per heavy atom. The molecule has 0 aliphatic rings. The van der Waals surface area contributed by atoms with Crippen LogP contribution in [-0.2, 0) is 6.18 Å². The van der Waals surface area contributed by atoms with Gasteiger partial charge < -0.3 is 15.8 Å². The van der Waals surface area contributed by atoms with Gasteiger partial charge in [-0.05, 0) is 48.5 Å². The third-order valence-corrected chi connectivity index (χ3v) is 5.20. The van der Waals surface area contributed by atoms with E-state index in [4.69, 9.17) is 22.1 Å². The van der Waals surface area contributed by atoms with Crippen LogP contribution < -0.4 is 21.3 Å². The fourth-order valence-electron chi connectivity index (χ4n) is 3.08. The largest absolute Gasteiger partial charge is 0.434 e. The SMILES string of the molecule is Nc1ncnc(Oc2ccc(NC(=O)c3cccn(-c4ccc(C(F)(F)F)cc4)c3=O)cc2F)c1Cl. The van der Waals surface area contributed by atoms with Crippen LogP contribution in [0.3, 0.4) is 0 Å². The van der Waals surface area contributed by atoms with Crippen LogP contribution in [0, 0.1) is 5.82 Å². The van der Waals surface area contributed by atoms with Crippen LogP contribution >= 0.6 is 11.6 Å². The molecule has 2 heterocycles. The van der Waals surface area contributed by atoms with Crippen LogP contribution in [0.5, 0.6) is 11.6 Å². The number of nitrogens with two attached hydrogens (primary N) is 1. The topological polar surface area (TPSA) is 112 Å². The standard InChI is InChI=1S/C23H14ClF4N5O3/c24-18-19(29)30-11-31-21(18)36-17-8-5-13(10-16(17)25)32-20(34)15-2-1-9-33(22(15)35)14-6-3-12(4-7-14)23(26,27)28/h1-11H,(H,32,34)(H2,29,30,31). The van der Waals surface area contributed by atoms with Gasteiger partial charge in [-0.15, -0.1) is 0 Å². The van der Waals surface area contributed by atoms with Gasteiger partial charge in [0, 0.05) is 23.6 Å². The van der Waals surface area contributed by atoms with E-state index < -0.39 is 29.0 Å². The molecular weight excluding hydrogens is 506 g/mol. The van der Waals surface area contributed by atoms with Gasteiger partial charge in [0.2, 0.25) is 5.88 Å². The van der Waals surface area contributed by atoms with Gasteiger partial charge in [-0.3, -0.25) is 14.2 Å². The molecule has 0 spiro atoms. The summed E-state index contributed by atoms with van der Waals surface area (Å²) in [6, 6.07) is 9.93. The summed E-state index contributed by atoms with van der Waals surface area (Å²) in [5, 5.41) is 2.28. The average Bonchev–Trinajstić information content (AvgIpc) is 2.83. The third-order valence-electron chi connectivity index (χ3n) is 4.85. The van der Waals surface area contributed by atoms with Crippen LogP contribution in [0.4, 0.5) is 29.1 Å². The summed E-state index contributed by atoms with van der Waals surface area (Å²) in [5.74, 6) is -2.24. The lowest BCUT2D eigenvalue weighted by Gasteiger charge is -2.12. The summed E-state index contributed by atoms with van der Waals surface area (Å²) in [5.41, 5.74) is 3.69. The zero-order chi connectivity index (χ0) is 26.0. The Morgan fingerprint density at radius 2 is 1.81 bits per heavy atom. The lowest BCUT2D eigenvalue weighted by Crippen LogP contribution is -2.27. The van der Waals surface area contributed by atoms with Gasteiger partial charge in [-0.25, -0.2) is 9.37 Å². The average molecular weight is 520 g/mol. The number of benzene rings is 2. The molecule has 2 aromatic heterocycles. The van der Waals surface area contributed by atoms with Crippen molar-refractivity contribution in [1.82, 2.24) is 14.5 Å². The zero-order valence-electron chi connectivity index (χ0n) is 17.9. The molecule has 184 valence electrons. The number of ether oxygens (including phenoxy) is 1. The molecule has 0 aliphatic heterocycles. The predicted molar refractivity (Wildman–Crippen MR) is 123 cm³/mol. The van der Waals surface area contributed by atoms with E-state index in [0.717, 1.165) is 41.2 Å². The monoisotopic (exact) mass is 519 g/mol. The lowest BCUT2D eigenvalue weighted by atomic mass is 10.2. The molecule has 8 nitrogen and oxygen atoms in total. The van der Waals surface area contributed by atoms with E-state index in [9.17, 15) is 27.2 Å². The number of hydrogen-bond acceptors (Lipinski definition) is 6. The highest BCUT2D eigenvalue weighted by Crippen LogP contribution is 2.32. The molecule has 0 saturated heterocycles. The molecule has 4 rings (SSSR count). The van der Waals surface area contributed by atoms with E-state index in [0.29, 0.717) is 0 Å². The van der Waals surface area contributed by atoms with Gasteiger partial charge in [-0.1, -0.05) is 11.6 Å². The quantitative estimate of drug-likeness (QED) is 0.356. The van der Waals surface area contributed by atoms with Crippen molar-refractivity contribution in [3.63, 3.8) is 0 Å². The van der Waals surface area contributed by atoms with Crippen LogP contribution in [-0.4, -0.2) is 20.4 Å². The highest BCUT2D eigenvalue weighted by molar-refractivity contribution is 6.34. The molecule has 13 heteroatoms. The van der Waals surface area contributed by atoms with E-state index in [1.54, 1.807) is 0 Å². The minimum Gasteiger partial charge on any atom is -0.434 e. The fourth-order valence-corrected chi connectivity index (χ4v) is 3.22. The molecule has 0 aliphatic carbocycles. The molecule has 3 N–H and O–H groups in total. The number of anilines is 2. The molecule has 0 fully saturated rings. The number of pyridine rings is 1. The zero-order valence-corrected chi connectivity index (χ0v) is 18.6. The first-order valence-electron chi connectivity index (χ1n) is 9.98. The lowest BCUT2D eigenvalue weighted by molar-refractivity contribution is -0.137. The van der Waals surface area contributed by atoms with Crippen molar-refractivity contribution in [2.24, 2.45) is 0 Å². The summed E-state index contributed by atoms with van der Waals surface area (Å²) in [4.78, 5) is 33.0. The number of halogens is 5. The van der Waals surface area contributed by atoms with E-state index in [-0.39, 0.29) is 39.4 Å². The molecular formula is C23H14ClF4N5O3. The second kappa shape index (κ2) is 9.66. The van der Waals surface area contributed by atoms with Crippen molar-refractivity contribution < 1.29 is 27.1 Å². The van der Waals surface area contributed by atoms with Crippen molar-refractivity contribution in [3.05, 3.63) is 99.4 Å². The number of carbonyl (C=O) groups excluding carboxylic acids is 1. The minimum absolute atomic E-state index is 0.00230. The van der Waals surface area contributed by atoms with Gasteiger partial charge in [0.05, 0.1) is 5.56 Å². The Balaban J connectivity index is 1.54. The maximum absolute atomic E-state index is 14.6. The Hall–Kier alpha value is -4.45. The Kier molecular flexibility index (Phi) is 6.62. The molecule has 2 aromatic carbocycles. The van der Waals surface area contributed by atoms with Crippen molar-refractivity contribution in [2.45, 2.75) is 6.18 Å². The number of nitrogens with zero attached hydrogens (tertiary/aromatic N) is 3. The van der Waals surface area contributed by atoms with Crippen molar-refractivity contribution >= 4 is 29.0 Å². The summed E-state index contributed by atoms with van der Waals surface area (Å²) >= 11 is 5.93. The molecule has 1 amide bonds. The number of carbonyl (C=O) groups is 1. The number of hydrogen-bond donors (Lipinski definition) is 2. The van der Waals surface area contributed by atoms with Gasteiger partial charge in [-0.2, -0.15) is 18.2 Å². The smallest absolute Gasteiger partial charge is 0.416 e. The number of amides is 1. The normalized spacial score (nSPS) is 11.2. The Labute approximate surface area is 204 Å². The second-order valence-electron chi connectivity index (χ2n) is 7.22. The highest BCUT2D eigenvalue weighted by atomic mass is 35.5. The first kappa shape index (κ1) is 24.7. The van der Waals surface area contributed by atoms with E-state index in [2.05, 4.69) is 15.3 Å². The molecule has 0 atom stereocenters. The molecule has 0 unspecified atom stereocenters. The number of alkyl halides is 3. The molecule has 4 aromatic rings. The van der Waals surface area contributed by atoms with Crippen LogP contribution in [0.1, 0.15) is 15.9 Å². The van der Waals surface area contributed by atoms with E-state index >= 15 is 0 Å². The van der Waals surface area contributed by atoms with Gasteiger partial charge in [0.15, 0.2) is 11.6 Å². The maximum Gasteiger partial charge on any atom is 0.416 e. The summed E-state index contributed by atoms with van der Waals surface area (Å²) in [7, 11) is 0. The fraction of sp³-hybridized carbons (Fsp3) is 0.0435. The summed E-state index contributed by atoms with van der Waals surface area (Å²) < 4.78 is 59.3. The molecule has 0 saturated carbocycles. The van der Waals surface area contributed by atoms with Crippen molar-refractivity contribution in [1.29, 1.82) is 0 Å². The van der Waals surface area contributed by atoms with Crippen LogP contribution in [0.15, 0.2) is 71.9 Å². The van der Waals surface area contributed by atoms with Gasteiger partial charge >= 0.3 is 6.18 Å². The highest BCUT2D eigenvalue weighted by Gasteiger charge is 2.30. The Bertz CT molecular complexity index is 1510. The molecule has 0 bridgehead atoms. The van der Waals surface area contributed by atoms with E-state index in [1.165, 1.54) is 30.5 Å². The molecule has 36 heavy (non-hydrogen) atoms. The summed E-state index contributed by atoms with van der Waals surface area (Å²) in [6.45, 7) is 0. The molecule has 0 radical (unpaired) electrons. The van der Waals surface area contributed by atoms with Gasteiger partial charge in [0.25, 0.3) is 11.5 Å². The number of aromatic nitrogens is 3. The predicted octanol–water partition coefficient (Wildman–Crippen LogP) is 5.07. The Morgan fingerprint density at radius 3 is 2.47 bits per heavy atom. The second-order valence-corrected chi connectivity index (χ2v) is 7.60. The van der Waals surface area contributed by atoms with Gasteiger partial charge in [0.1, 0.15) is 22.7 Å². The van der Waals surface area contributed by atoms with Crippen molar-refractivity contribution in [2.75, 3.05) is 11.1 Å². The number of rotatable bonds is 5. The third kappa shape index (κ3) is 5.13. The van der Waals surface area contributed by atoms with E-state index in [1.807, 2.05) is 0 Å². The minimum atomic E-state index is -4.53. The van der Waals surface area contributed by atoms with Crippen LogP contribution in [0.25, 0.3) is 5.69 Å². The summed E-state index contributed by atoms with van der Waals surface area (Å²) in [6.07, 6.45) is -2.14. The first-order chi connectivity index (χ1) is 17.0. The van der Waals surface area contributed by atoms with Crippen LogP contribution in [0.2, 0.25) is 5.02 Å². The maximum atomic E-state index is 14.6. The first-order valence-corrected chi connectivity index (χ1v) is 10.4. The van der Waals surface area contributed by atoms with Crippen molar-refractivity contribution in [3.8, 4) is 17.3 Å². The number of nitrogens with one attached hydrogen (secondary N) is 1. The number of nitrogen functional groups attached to an aromatic ring is 1.